The van der Waals surface area contributed by atoms with Crippen LogP contribution in [0.4, 0.5) is 13.2 Å². The molecule has 0 saturated carbocycles. The van der Waals surface area contributed by atoms with E-state index in [2.05, 4.69) is 6.07 Å². The molecular formula is C14H16ClF3N3O2S+. The minimum absolute atomic E-state index is 0.121. The lowest BCUT2D eigenvalue weighted by molar-refractivity contribution is -0.918. The van der Waals surface area contributed by atoms with E-state index in [9.17, 15) is 21.6 Å². The van der Waals surface area contributed by atoms with E-state index in [0.717, 1.165) is 21.3 Å². The molecule has 1 atom stereocenters. The Bertz CT molecular complexity index is 754. The van der Waals surface area contributed by atoms with Crippen LogP contribution in [0.1, 0.15) is 12.5 Å². The topological polar surface area (TPSA) is 65.6 Å². The summed E-state index contributed by atoms with van der Waals surface area (Å²) in [6, 6.07) is 4.08. The van der Waals surface area contributed by atoms with Gasteiger partial charge in [-0.15, -0.1) is 0 Å². The highest BCUT2D eigenvalue weighted by molar-refractivity contribution is 7.89. The van der Waals surface area contributed by atoms with Crippen molar-refractivity contribution in [1.82, 2.24) is 4.31 Å². The van der Waals surface area contributed by atoms with Gasteiger partial charge in [-0.25, -0.2) is 8.42 Å². The molecule has 0 radical (unpaired) electrons. The lowest BCUT2D eigenvalue weighted by atomic mass is 10.2. The summed E-state index contributed by atoms with van der Waals surface area (Å²) in [5, 5.41) is 8.66. The number of sulfonamides is 1. The first kappa shape index (κ1) is 19.0. The Morgan fingerprint density at radius 2 is 1.92 bits per heavy atom. The molecule has 1 heterocycles. The summed E-state index contributed by atoms with van der Waals surface area (Å²) >= 11 is 5.83. The first-order valence-electron chi connectivity index (χ1n) is 7.18. The number of nitriles is 1. The zero-order valence-corrected chi connectivity index (χ0v) is 14.3. The van der Waals surface area contributed by atoms with Gasteiger partial charge in [0.25, 0.3) is 0 Å². The Morgan fingerprint density at radius 3 is 2.42 bits per heavy atom. The van der Waals surface area contributed by atoms with Gasteiger partial charge in [-0.3, -0.25) is 0 Å². The molecule has 24 heavy (non-hydrogen) atoms. The molecule has 5 nitrogen and oxygen atoms in total. The summed E-state index contributed by atoms with van der Waals surface area (Å²) in [6.07, 6.45) is -4.65. The minimum Gasteiger partial charge on any atom is -0.319 e. The number of halogens is 4. The Labute approximate surface area is 143 Å². The average Bonchev–Trinajstić information content (AvgIpc) is 2.53. The molecule has 0 bridgehead atoms. The molecule has 0 aromatic heterocycles. The summed E-state index contributed by atoms with van der Waals surface area (Å²) in [5.74, 6) is 0. The van der Waals surface area contributed by atoms with Gasteiger partial charge in [0.2, 0.25) is 10.0 Å². The third kappa shape index (κ3) is 3.83. The van der Waals surface area contributed by atoms with Gasteiger partial charge in [-0.2, -0.15) is 22.7 Å². The fourth-order valence-electron chi connectivity index (χ4n) is 2.55. The highest BCUT2D eigenvalue weighted by Gasteiger charge is 2.36. The lowest BCUT2D eigenvalue weighted by Gasteiger charge is -2.32. The van der Waals surface area contributed by atoms with Crippen LogP contribution in [0, 0.1) is 11.3 Å². The van der Waals surface area contributed by atoms with Crippen LogP contribution in [-0.4, -0.2) is 44.9 Å². The quantitative estimate of drug-likeness (QED) is 0.853. The van der Waals surface area contributed by atoms with Crippen molar-refractivity contribution >= 4 is 21.6 Å². The molecule has 1 aliphatic rings. The first-order chi connectivity index (χ1) is 11.1. The molecule has 0 aliphatic carbocycles. The average molecular weight is 383 g/mol. The van der Waals surface area contributed by atoms with Gasteiger partial charge in [0.1, 0.15) is 11.0 Å². The summed E-state index contributed by atoms with van der Waals surface area (Å²) in [5.41, 5.74) is -1.06. The van der Waals surface area contributed by atoms with Gasteiger partial charge >= 0.3 is 6.18 Å². The highest BCUT2D eigenvalue weighted by Crippen LogP contribution is 2.34. The van der Waals surface area contributed by atoms with Crippen molar-refractivity contribution in [1.29, 1.82) is 5.26 Å². The number of nitrogens with zero attached hydrogens (tertiary/aromatic N) is 2. The van der Waals surface area contributed by atoms with E-state index >= 15 is 0 Å². The van der Waals surface area contributed by atoms with Crippen molar-refractivity contribution in [2.24, 2.45) is 0 Å². The SMILES string of the molecule is C[C@H](C#N)[NH+]1CCN(S(=O)(=O)c2cc(C(F)(F)F)ccc2Cl)CC1. The van der Waals surface area contributed by atoms with E-state index in [4.69, 9.17) is 16.9 Å². The molecule has 1 saturated heterocycles. The maximum atomic E-state index is 12.8. The smallest absolute Gasteiger partial charge is 0.319 e. The molecule has 1 aromatic carbocycles. The van der Waals surface area contributed by atoms with Crippen LogP contribution in [0.25, 0.3) is 0 Å². The second kappa shape index (κ2) is 6.88. The molecule has 0 spiro atoms. The normalized spacial score (nSPS) is 19.0. The van der Waals surface area contributed by atoms with Gasteiger partial charge in [0.05, 0.1) is 36.8 Å². The van der Waals surface area contributed by atoms with Crippen LogP contribution in [0.3, 0.4) is 0 Å². The van der Waals surface area contributed by atoms with Crippen LogP contribution in [0.15, 0.2) is 23.1 Å². The van der Waals surface area contributed by atoms with Crippen molar-refractivity contribution in [2.45, 2.75) is 24.0 Å². The Balaban J connectivity index is 2.28. The number of hydrogen-bond donors (Lipinski definition) is 1. The molecule has 1 N–H and O–H groups in total. The van der Waals surface area contributed by atoms with Crippen molar-refractivity contribution in [2.75, 3.05) is 26.2 Å². The van der Waals surface area contributed by atoms with E-state index < -0.39 is 26.7 Å². The van der Waals surface area contributed by atoms with Crippen LogP contribution in [0.2, 0.25) is 5.02 Å². The van der Waals surface area contributed by atoms with E-state index in [0.29, 0.717) is 19.2 Å². The summed E-state index contributed by atoms with van der Waals surface area (Å²) in [7, 11) is -4.13. The van der Waals surface area contributed by atoms with Crippen molar-refractivity contribution in [3.05, 3.63) is 28.8 Å². The number of rotatable bonds is 3. The number of quaternary nitrogens is 1. The van der Waals surface area contributed by atoms with Gasteiger partial charge in [0.15, 0.2) is 6.04 Å². The zero-order chi connectivity index (χ0) is 18.1. The maximum absolute atomic E-state index is 12.8. The predicted molar refractivity (Wildman–Crippen MR) is 81.0 cm³/mol. The number of alkyl halides is 3. The largest absolute Gasteiger partial charge is 0.416 e. The molecule has 1 fully saturated rings. The number of hydrogen-bond acceptors (Lipinski definition) is 3. The third-order valence-electron chi connectivity index (χ3n) is 4.05. The summed E-state index contributed by atoms with van der Waals surface area (Å²) in [6.45, 7) is 2.80. The second-order valence-corrected chi connectivity index (χ2v) is 7.87. The number of piperazine rings is 1. The van der Waals surface area contributed by atoms with Crippen molar-refractivity contribution in [3.8, 4) is 6.07 Å². The van der Waals surface area contributed by atoms with E-state index in [-0.39, 0.29) is 24.2 Å². The number of nitrogens with one attached hydrogen (secondary N) is 1. The molecule has 0 unspecified atom stereocenters. The van der Waals surface area contributed by atoms with Gasteiger partial charge in [0, 0.05) is 6.92 Å². The van der Waals surface area contributed by atoms with Crippen LogP contribution in [-0.2, 0) is 16.2 Å². The minimum atomic E-state index is -4.65. The van der Waals surface area contributed by atoms with Gasteiger partial charge in [-0.1, -0.05) is 11.6 Å². The molecule has 2 rings (SSSR count). The van der Waals surface area contributed by atoms with Crippen molar-refractivity contribution in [3.63, 3.8) is 0 Å². The zero-order valence-electron chi connectivity index (χ0n) is 12.8. The Morgan fingerprint density at radius 1 is 1.33 bits per heavy atom. The maximum Gasteiger partial charge on any atom is 0.416 e. The van der Waals surface area contributed by atoms with Gasteiger partial charge in [-0.05, 0) is 18.2 Å². The second-order valence-electron chi connectivity index (χ2n) is 5.56. The van der Waals surface area contributed by atoms with Crippen LogP contribution >= 0.6 is 11.6 Å². The molecule has 1 aromatic rings. The Hall–Kier alpha value is -1.34. The lowest BCUT2D eigenvalue weighted by Crippen LogP contribution is -3.17. The molecule has 132 valence electrons. The van der Waals surface area contributed by atoms with Crippen LogP contribution < -0.4 is 4.90 Å². The molecule has 1 aliphatic heterocycles. The van der Waals surface area contributed by atoms with E-state index in [1.165, 1.54) is 0 Å². The standard InChI is InChI=1S/C14H15ClF3N3O2S/c1-10(9-19)20-4-6-21(7-5-20)24(22,23)13-8-11(14(16,17)18)2-3-12(13)15/h2-3,8,10H,4-7H2,1H3/p+1/t10-/m1/s1. The van der Waals surface area contributed by atoms with Crippen molar-refractivity contribution < 1.29 is 26.5 Å². The predicted octanol–water partition coefficient (Wildman–Crippen LogP) is 1.16. The fourth-order valence-corrected chi connectivity index (χ4v) is 4.50. The van der Waals surface area contributed by atoms with Gasteiger partial charge < -0.3 is 4.90 Å². The molecule has 0 amide bonds. The molecule has 10 heteroatoms. The highest BCUT2D eigenvalue weighted by atomic mass is 35.5. The summed E-state index contributed by atoms with van der Waals surface area (Å²) in [4.78, 5) is 0.398. The number of benzene rings is 1. The monoisotopic (exact) mass is 382 g/mol. The Kier molecular flexibility index (Phi) is 5.44. The fraction of sp³-hybridized carbons (Fsp3) is 0.500. The van der Waals surface area contributed by atoms with Crippen LogP contribution in [0.5, 0.6) is 0 Å². The van der Waals surface area contributed by atoms with E-state index in [1.807, 2.05) is 0 Å². The third-order valence-corrected chi connectivity index (χ3v) is 6.43. The molecular weight excluding hydrogens is 367 g/mol. The summed E-state index contributed by atoms with van der Waals surface area (Å²) < 4.78 is 64.9. The van der Waals surface area contributed by atoms with E-state index in [1.54, 1.807) is 6.92 Å². The first-order valence-corrected chi connectivity index (χ1v) is 9.00.